The zero-order valence-electron chi connectivity index (χ0n) is 20.3. The number of carbonyl (C=O) groups is 2. The van der Waals surface area contributed by atoms with Crippen LogP contribution in [-0.4, -0.2) is 81.5 Å². The molecule has 37 heavy (non-hydrogen) atoms. The minimum absolute atomic E-state index is 0.0502. The van der Waals surface area contributed by atoms with Crippen molar-refractivity contribution in [3.8, 4) is 10.4 Å². The molecule has 2 aromatic rings. The predicted molar refractivity (Wildman–Crippen MR) is 130 cm³/mol. The number of halogens is 3. The van der Waals surface area contributed by atoms with Gasteiger partial charge in [-0.05, 0) is 51.2 Å². The van der Waals surface area contributed by atoms with E-state index in [0.29, 0.717) is 16.0 Å². The summed E-state index contributed by atoms with van der Waals surface area (Å²) >= 11 is 1.02. The van der Waals surface area contributed by atoms with Crippen LogP contribution >= 0.6 is 11.3 Å². The summed E-state index contributed by atoms with van der Waals surface area (Å²) < 4.78 is 44.1. The number of amides is 2. The molecule has 5 rings (SSSR count). The third kappa shape index (κ3) is 5.04. The number of rotatable bonds is 6. The molecular weight excluding hydrogens is 511 g/mol. The Kier molecular flexibility index (Phi) is 6.88. The summed E-state index contributed by atoms with van der Waals surface area (Å²) in [5.41, 5.74) is 1.23. The smallest absolute Gasteiger partial charge is 0.388 e. The zero-order chi connectivity index (χ0) is 26.5. The average Bonchev–Trinajstić information content (AvgIpc) is 3.63. The number of aliphatic hydroxyl groups is 1. The first-order chi connectivity index (χ1) is 17.5. The summed E-state index contributed by atoms with van der Waals surface area (Å²) in [6.45, 7) is 3.00. The van der Waals surface area contributed by atoms with E-state index in [1.807, 2.05) is 4.90 Å². The Morgan fingerprint density at radius 1 is 1.22 bits per heavy atom. The molecule has 2 bridgehead atoms. The van der Waals surface area contributed by atoms with Gasteiger partial charge in [0.1, 0.15) is 17.6 Å². The fourth-order valence-electron chi connectivity index (χ4n) is 5.20. The van der Waals surface area contributed by atoms with Gasteiger partial charge in [0.05, 0.1) is 30.2 Å². The predicted octanol–water partition coefficient (Wildman–Crippen LogP) is 3.13. The molecule has 0 saturated carbocycles. The Morgan fingerprint density at radius 3 is 2.46 bits per heavy atom. The third-order valence-electron chi connectivity index (χ3n) is 7.29. The molecule has 3 aliphatic heterocycles. The standard InChI is InChI=1S/C24H28F3N5O4S/c1-11-7-18(29-12(2)24(25,26)27)28-8-15(11)20-19(23(35)32-13-3-4-14(32)6-5-13)31-22(37-20)21(34)30-16-9-36-10-17(16)33/h7-8,12-14,16-17,33H,3-6,9-10H2,1-2H3,(H,28,29)(H,30,34)/t12-,13?,14?,16+,17+/m0/s1. The van der Waals surface area contributed by atoms with Crippen LogP contribution in [0.2, 0.25) is 0 Å². The highest BCUT2D eigenvalue weighted by Gasteiger charge is 2.44. The molecule has 3 aliphatic rings. The number of thiazole rings is 1. The highest BCUT2D eigenvalue weighted by atomic mass is 32.1. The summed E-state index contributed by atoms with van der Waals surface area (Å²) in [6.07, 6.45) is -0.138. The number of hydrogen-bond acceptors (Lipinski definition) is 8. The van der Waals surface area contributed by atoms with Crippen LogP contribution in [0.4, 0.5) is 19.0 Å². The number of hydrogen-bond donors (Lipinski definition) is 3. The number of fused-ring (bicyclic) bond motifs is 2. The minimum atomic E-state index is -4.43. The molecule has 200 valence electrons. The number of carbonyl (C=O) groups excluding carboxylic acids is 2. The van der Waals surface area contributed by atoms with Crippen molar-refractivity contribution < 1.29 is 32.6 Å². The molecule has 2 aromatic heterocycles. The van der Waals surface area contributed by atoms with Gasteiger partial charge in [0.15, 0.2) is 5.01 Å². The van der Waals surface area contributed by atoms with Crippen molar-refractivity contribution in [3.63, 3.8) is 0 Å². The maximum Gasteiger partial charge on any atom is 0.408 e. The van der Waals surface area contributed by atoms with Crippen LogP contribution in [0.25, 0.3) is 10.4 Å². The van der Waals surface area contributed by atoms with Gasteiger partial charge in [-0.15, -0.1) is 11.3 Å². The number of aromatic nitrogens is 2. The second-order valence-electron chi connectivity index (χ2n) is 9.85. The van der Waals surface area contributed by atoms with Crippen molar-refractivity contribution in [2.24, 2.45) is 0 Å². The molecule has 3 fully saturated rings. The van der Waals surface area contributed by atoms with Crippen molar-refractivity contribution in [1.29, 1.82) is 0 Å². The molecule has 0 spiro atoms. The normalized spacial score (nSPS) is 25.9. The maximum atomic E-state index is 13.7. The molecule has 0 radical (unpaired) electrons. The highest BCUT2D eigenvalue weighted by molar-refractivity contribution is 7.17. The Balaban J connectivity index is 1.48. The van der Waals surface area contributed by atoms with Gasteiger partial charge in [-0.3, -0.25) is 9.59 Å². The second kappa shape index (κ2) is 9.84. The van der Waals surface area contributed by atoms with Gasteiger partial charge in [0, 0.05) is 23.8 Å². The number of ether oxygens (including phenoxy) is 1. The maximum absolute atomic E-state index is 13.7. The topological polar surface area (TPSA) is 117 Å². The quantitative estimate of drug-likeness (QED) is 0.517. The summed E-state index contributed by atoms with van der Waals surface area (Å²) in [7, 11) is 0. The largest absolute Gasteiger partial charge is 0.408 e. The summed E-state index contributed by atoms with van der Waals surface area (Å²) in [4.78, 5) is 37.6. The van der Waals surface area contributed by atoms with Gasteiger partial charge in [-0.2, -0.15) is 13.2 Å². The van der Waals surface area contributed by atoms with E-state index in [1.165, 1.54) is 12.3 Å². The summed E-state index contributed by atoms with van der Waals surface area (Å²) in [5, 5.41) is 15.1. The molecule has 9 nitrogen and oxygen atoms in total. The van der Waals surface area contributed by atoms with E-state index < -0.39 is 30.3 Å². The van der Waals surface area contributed by atoms with Gasteiger partial charge in [-0.25, -0.2) is 9.97 Å². The number of nitrogens with zero attached hydrogens (tertiary/aromatic N) is 3. The van der Waals surface area contributed by atoms with Crippen LogP contribution in [0.1, 0.15) is 58.5 Å². The zero-order valence-corrected chi connectivity index (χ0v) is 21.2. The average molecular weight is 540 g/mol. The first-order valence-corrected chi connectivity index (χ1v) is 13.0. The van der Waals surface area contributed by atoms with E-state index >= 15 is 0 Å². The van der Waals surface area contributed by atoms with Gasteiger partial charge < -0.3 is 25.4 Å². The lowest BCUT2D eigenvalue weighted by Crippen LogP contribution is -2.42. The first-order valence-electron chi connectivity index (χ1n) is 12.2. The lowest BCUT2D eigenvalue weighted by atomic mass is 10.0. The Morgan fingerprint density at radius 2 is 1.89 bits per heavy atom. The van der Waals surface area contributed by atoms with Crippen LogP contribution < -0.4 is 10.6 Å². The molecule has 3 saturated heterocycles. The molecule has 0 aliphatic carbocycles. The molecule has 3 N–H and O–H groups in total. The lowest BCUT2D eigenvalue weighted by Gasteiger charge is -2.22. The van der Waals surface area contributed by atoms with Crippen LogP contribution in [0, 0.1) is 6.92 Å². The van der Waals surface area contributed by atoms with Crippen molar-refractivity contribution in [1.82, 2.24) is 20.2 Å². The first kappa shape index (κ1) is 25.9. The van der Waals surface area contributed by atoms with Crippen molar-refractivity contribution >= 4 is 29.0 Å². The van der Waals surface area contributed by atoms with E-state index in [-0.39, 0.29) is 47.7 Å². The number of nitrogens with one attached hydrogen (secondary N) is 2. The third-order valence-corrected chi connectivity index (χ3v) is 8.38. The molecule has 5 heterocycles. The molecular formula is C24H28F3N5O4S. The van der Waals surface area contributed by atoms with Gasteiger partial charge >= 0.3 is 6.18 Å². The number of aliphatic hydroxyl groups excluding tert-OH is 1. The number of anilines is 1. The van der Waals surface area contributed by atoms with Crippen LogP contribution in [0.15, 0.2) is 12.3 Å². The van der Waals surface area contributed by atoms with E-state index in [0.717, 1.165) is 43.9 Å². The number of alkyl halides is 3. The monoisotopic (exact) mass is 539 g/mol. The van der Waals surface area contributed by atoms with E-state index in [4.69, 9.17) is 4.74 Å². The SMILES string of the molecule is Cc1cc(N[C@@H](C)C(F)(F)F)ncc1-c1sc(C(=O)N[C@@H]2COC[C@H]2O)nc1C(=O)N1C2CCC1CC2. The minimum Gasteiger partial charge on any atom is -0.388 e. The number of aryl methyl sites for hydroxylation is 1. The highest BCUT2D eigenvalue weighted by Crippen LogP contribution is 2.41. The van der Waals surface area contributed by atoms with Gasteiger partial charge in [-0.1, -0.05) is 0 Å². The van der Waals surface area contributed by atoms with E-state index in [1.54, 1.807) is 6.92 Å². The summed E-state index contributed by atoms with van der Waals surface area (Å²) in [6, 6.07) is -0.606. The number of pyridine rings is 1. The summed E-state index contributed by atoms with van der Waals surface area (Å²) in [5.74, 6) is -0.742. The lowest BCUT2D eigenvalue weighted by molar-refractivity contribution is -0.138. The van der Waals surface area contributed by atoms with Crippen molar-refractivity contribution in [2.75, 3.05) is 18.5 Å². The van der Waals surface area contributed by atoms with Crippen molar-refractivity contribution in [2.45, 2.75) is 76.0 Å². The van der Waals surface area contributed by atoms with E-state index in [9.17, 15) is 27.9 Å². The van der Waals surface area contributed by atoms with Crippen LogP contribution in [0.3, 0.4) is 0 Å². The van der Waals surface area contributed by atoms with Crippen LogP contribution in [0.5, 0.6) is 0 Å². The Hall–Kier alpha value is -2.77. The molecule has 0 unspecified atom stereocenters. The molecule has 0 aromatic carbocycles. The fraction of sp³-hybridized carbons (Fsp3) is 0.583. The van der Waals surface area contributed by atoms with Crippen molar-refractivity contribution in [3.05, 3.63) is 28.5 Å². The second-order valence-corrected chi connectivity index (χ2v) is 10.8. The molecule has 13 heteroatoms. The van der Waals surface area contributed by atoms with E-state index in [2.05, 4.69) is 20.6 Å². The Labute approximate surface area is 215 Å². The van der Waals surface area contributed by atoms with Gasteiger partial charge in [0.25, 0.3) is 11.8 Å². The molecule has 3 atom stereocenters. The van der Waals surface area contributed by atoms with Gasteiger partial charge in [0.2, 0.25) is 0 Å². The fourth-order valence-corrected chi connectivity index (χ4v) is 6.23. The van der Waals surface area contributed by atoms with Crippen LogP contribution in [-0.2, 0) is 4.74 Å². The Bertz CT molecular complexity index is 1190. The molecule has 2 amide bonds.